The zero-order valence-corrected chi connectivity index (χ0v) is 18.0. The van der Waals surface area contributed by atoms with Crippen molar-refractivity contribution in [2.45, 2.75) is 37.8 Å². The van der Waals surface area contributed by atoms with Crippen molar-refractivity contribution in [2.75, 3.05) is 44.3 Å². The first-order valence-electron chi connectivity index (χ1n) is 10.9. The lowest BCUT2D eigenvalue weighted by atomic mass is 9.82. The van der Waals surface area contributed by atoms with E-state index in [0.29, 0.717) is 38.2 Å². The van der Waals surface area contributed by atoms with Gasteiger partial charge in [0, 0.05) is 45.5 Å². The molecular formula is C22H27F2N3O5. The monoisotopic (exact) mass is 451 g/mol. The third-order valence-electron chi connectivity index (χ3n) is 6.74. The summed E-state index contributed by atoms with van der Waals surface area (Å²) in [6.45, 7) is 5.21. The van der Waals surface area contributed by atoms with E-state index in [9.17, 15) is 23.2 Å². The van der Waals surface area contributed by atoms with E-state index in [4.69, 9.17) is 9.47 Å². The van der Waals surface area contributed by atoms with Crippen LogP contribution in [0.3, 0.4) is 0 Å². The molecule has 0 radical (unpaired) electrons. The largest absolute Gasteiger partial charge is 0.460 e. The molecule has 0 aliphatic carbocycles. The molecule has 0 N–H and O–H groups in total. The summed E-state index contributed by atoms with van der Waals surface area (Å²) >= 11 is 0. The normalized spacial score (nSPS) is 27.4. The number of carbonyl (C=O) groups is 3. The van der Waals surface area contributed by atoms with E-state index in [2.05, 4.69) is 4.90 Å². The van der Waals surface area contributed by atoms with Crippen LogP contribution in [0.1, 0.15) is 26.2 Å². The van der Waals surface area contributed by atoms with E-state index >= 15 is 0 Å². The van der Waals surface area contributed by atoms with Crippen LogP contribution in [0.25, 0.3) is 0 Å². The number of hydrogen-bond donors (Lipinski definition) is 0. The Kier molecular flexibility index (Phi) is 6.43. The van der Waals surface area contributed by atoms with E-state index in [1.165, 1.54) is 4.90 Å². The summed E-state index contributed by atoms with van der Waals surface area (Å²) in [5.41, 5.74) is -1.59. The van der Waals surface area contributed by atoms with Crippen LogP contribution in [0.2, 0.25) is 0 Å². The molecule has 174 valence electrons. The Bertz CT molecular complexity index is 874. The summed E-state index contributed by atoms with van der Waals surface area (Å²) in [5, 5.41) is 0. The predicted octanol–water partition coefficient (Wildman–Crippen LogP) is 2.17. The lowest BCUT2D eigenvalue weighted by Crippen LogP contribution is -2.66. The molecule has 3 heterocycles. The highest BCUT2D eigenvalue weighted by Crippen LogP contribution is 2.41. The smallest absolute Gasteiger partial charge is 0.332 e. The van der Waals surface area contributed by atoms with Gasteiger partial charge in [-0.15, -0.1) is 0 Å². The van der Waals surface area contributed by atoms with Gasteiger partial charge in [-0.3, -0.25) is 14.5 Å². The van der Waals surface area contributed by atoms with Gasteiger partial charge in [-0.25, -0.2) is 18.5 Å². The van der Waals surface area contributed by atoms with Crippen molar-refractivity contribution in [3.05, 3.63) is 29.8 Å². The van der Waals surface area contributed by atoms with Gasteiger partial charge in [0.05, 0.1) is 5.69 Å². The number of amides is 3. The molecule has 4 rings (SSSR count). The van der Waals surface area contributed by atoms with Gasteiger partial charge in [0.2, 0.25) is 0 Å². The molecule has 3 aliphatic rings. The number of hydrogen-bond acceptors (Lipinski definition) is 6. The minimum absolute atomic E-state index is 0.178. The summed E-state index contributed by atoms with van der Waals surface area (Å²) in [7, 11) is 0. The number of urea groups is 1. The molecule has 1 spiro atoms. The van der Waals surface area contributed by atoms with Crippen LogP contribution in [0.4, 0.5) is 19.3 Å². The minimum atomic E-state index is -1.41. The Morgan fingerprint density at radius 3 is 2.50 bits per heavy atom. The third-order valence-corrected chi connectivity index (χ3v) is 6.74. The van der Waals surface area contributed by atoms with Crippen LogP contribution >= 0.6 is 0 Å². The van der Waals surface area contributed by atoms with Crippen LogP contribution in [-0.2, 0) is 19.1 Å². The molecule has 3 fully saturated rings. The summed E-state index contributed by atoms with van der Waals surface area (Å²) in [6, 6.07) is 1.89. The van der Waals surface area contributed by atoms with Gasteiger partial charge in [0.25, 0.3) is 12.4 Å². The molecule has 0 bridgehead atoms. The van der Waals surface area contributed by atoms with Crippen LogP contribution < -0.4 is 4.90 Å². The number of piperidine rings is 1. The van der Waals surface area contributed by atoms with Crippen LogP contribution in [0.5, 0.6) is 0 Å². The number of likely N-dealkylation sites (N-methyl/N-ethyl adjacent to an activating group) is 1. The Morgan fingerprint density at radius 2 is 1.88 bits per heavy atom. The standard InChI is InChI=1S/C22H27F2N3O5/c1-2-26-21(30)27(18-10-16(23)9-17(24)11-18)20(29)22(26)5-6-25(13-19(22)32-14-28)12-15-3-7-31-8-4-15/h9-11,14-15,19H,2-8,12-13H2,1H3. The number of nitrogens with zero attached hydrogens (tertiary/aromatic N) is 3. The number of carbonyl (C=O) groups excluding carboxylic acids is 3. The third kappa shape index (κ3) is 3.86. The Labute approximate surface area is 185 Å². The molecule has 1 aromatic carbocycles. The van der Waals surface area contributed by atoms with Crippen LogP contribution in [0.15, 0.2) is 18.2 Å². The topological polar surface area (TPSA) is 79.4 Å². The van der Waals surface area contributed by atoms with Crippen molar-refractivity contribution in [1.29, 1.82) is 0 Å². The molecule has 3 saturated heterocycles. The van der Waals surface area contributed by atoms with E-state index < -0.39 is 35.2 Å². The second-order valence-corrected chi connectivity index (χ2v) is 8.51. The van der Waals surface area contributed by atoms with Gasteiger partial charge in [-0.2, -0.15) is 0 Å². The molecule has 0 saturated carbocycles. The number of halogens is 2. The van der Waals surface area contributed by atoms with Gasteiger partial charge in [-0.05, 0) is 44.2 Å². The summed E-state index contributed by atoms with van der Waals surface area (Å²) in [5.74, 6) is -1.97. The molecule has 32 heavy (non-hydrogen) atoms. The van der Waals surface area contributed by atoms with Gasteiger partial charge in [0.1, 0.15) is 17.7 Å². The molecule has 3 amide bonds. The van der Waals surface area contributed by atoms with Gasteiger partial charge >= 0.3 is 6.03 Å². The summed E-state index contributed by atoms with van der Waals surface area (Å²) in [4.78, 5) is 42.5. The lowest BCUT2D eigenvalue weighted by molar-refractivity contribution is -0.154. The molecule has 2 unspecified atom stereocenters. The quantitative estimate of drug-likeness (QED) is 0.487. The Balaban J connectivity index is 1.63. The maximum atomic E-state index is 13.8. The zero-order valence-electron chi connectivity index (χ0n) is 18.0. The number of anilines is 1. The maximum absolute atomic E-state index is 13.8. The average Bonchev–Trinajstić information content (AvgIpc) is 2.97. The van der Waals surface area contributed by atoms with E-state index in [1.54, 1.807) is 6.92 Å². The Hall–Kier alpha value is -2.59. The minimum Gasteiger partial charge on any atom is -0.460 e. The summed E-state index contributed by atoms with van der Waals surface area (Å²) < 4.78 is 38.5. The molecule has 0 aromatic heterocycles. The van der Waals surface area contributed by atoms with Crippen LogP contribution in [0, 0.1) is 17.6 Å². The number of imide groups is 1. The molecule has 1 aromatic rings. The number of rotatable bonds is 6. The van der Waals surface area contributed by atoms with Crippen molar-refractivity contribution in [3.8, 4) is 0 Å². The number of benzene rings is 1. The van der Waals surface area contributed by atoms with Gasteiger partial charge < -0.3 is 14.4 Å². The SMILES string of the molecule is CCN1C(=O)N(c2cc(F)cc(F)c2)C(=O)C12CCN(CC1CCOCC1)CC2OC=O. The molecule has 10 heteroatoms. The van der Waals surface area contributed by atoms with E-state index in [-0.39, 0.29) is 25.2 Å². The molecule has 8 nitrogen and oxygen atoms in total. The first-order chi connectivity index (χ1) is 15.4. The fraction of sp³-hybridized carbons (Fsp3) is 0.591. The highest BCUT2D eigenvalue weighted by Gasteiger charge is 2.63. The first-order valence-corrected chi connectivity index (χ1v) is 10.9. The fourth-order valence-electron chi connectivity index (χ4n) is 5.20. The molecule has 2 atom stereocenters. The van der Waals surface area contributed by atoms with E-state index in [0.717, 1.165) is 36.4 Å². The predicted molar refractivity (Wildman–Crippen MR) is 110 cm³/mol. The molecular weight excluding hydrogens is 424 g/mol. The lowest BCUT2D eigenvalue weighted by Gasteiger charge is -2.47. The number of ether oxygens (including phenoxy) is 2. The van der Waals surface area contributed by atoms with Crippen molar-refractivity contribution in [1.82, 2.24) is 9.80 Å². The second-order valence-electron chi connectivity index (χ2n) is 8.51. The zero-order chi connectivity index (χ0) is 22.9. The first kappa shape index (κ1) is 22.6. The number of likely N-dealkylation sites (tertiary alicyclic amines) is 1. The van der Waals surface area contributed by atoms with Crippen molar-refractivity contribution in [3.63, 3.8) is 0 Å². The van der Waals surface area contributed by atoms with Crippen molar-refractivity contribution < 1.29 is 32.6 Å². The molecule has 3 aliphatic heterocycles. The highest BCUT2D eigenvalue weighted by molar-refractivity contribution is 6.23. The van der Waals surface area contributed by atoms with Crippen molar-refractivity contribution in [2.24, 2.45) is 5.92 Å². The fourth-order valence-corrected chi connectivity index (χ4v) is 5.20. The summed E-state index contributed by atoms with van der Waals surface area (Å²) in [6.07, 6.45) is 1.24. The highest BCUT2D eigenvalue weighted by atomic mass is 19.1. The van der Waals surface area contributed by atoms with Gasteiger partial charge in [-0.1, -0.05) is 0 Å². The maximum Gasteiger partial charge on any atom is 0.332 e. The van der Waals surface area contributed by atoms with Crippen molar-refractivity contribution >= 4 is 24.1 Å². The Morgan fingerprint density at radius 1 is 1.19 bits per heavy atom. The average molecular weight is 451 g/mol. The second kappa shape index (κ2) is 9.11. The van der Waals surface area contributed by atoms with Gasteiger partial charge in [0.15, 0.2) is 5.54 Å². The van der Waals surface area contributed by atoms with Crippen LogP contribution in [-0.4, -0.2) is 79.2 Å². The van der Waals surface area contributed by atoms with E-state index in [1.807, 2.05) is 0 Å².